The van der Waals surface area contributed by atoms with E-state index in [4.69, 9.17) is 4.74 Å². The molecule has 0 atom stereocenters. The second-order valence-electron chi connectivity index (χ2n) is 6.89. The van der Waals surface area contributed by atoms with Crippen molar-refractivity contribution in [2.75, 3.05) is 26.2 Å². The van der Waals surface area contributed by atoms with Gasteiger partial charge in [0.25, 0.3) is 5.69 Å². The normalized spacial score (nSPS) is 16.0. The average molecular weight is 418 g/mol. The Morgan fingerprint density at radius 2 is 1.92 bits per heavy atom. The van der Waals surface area contributed by atoms with E-state index in [1.807, 2.05) is 4.90 Å². The van der Waals surface area contributed by atoms with Crippen LogP contribution in [0.3, 0.4) is 0 Å². The van der Waals surface area contributed by atoms with Crippen molar-refractivity contribution in [3.63, 3.8) is 0 Å². The van der Waals surface area contributed by atoms with E-state index < -0.39 is 16.3 Å². The maximum absolute atomic E-state index is 14.2. The van der Waals surface area contributed by atoms with Crippen molar-refractivity contribution in [2.24, 2.45) is 0 Å². The minimum Gasteiger partial charge on any atom is -0.444 e. The van der Waals surface area contributed by atoms with Crippen LogP contribution in [0.2, 0.25) is 0 Å². The molecule has 1 aromatic rings. The van der Waals surface area contributed by atoms with Crippen LogP contribution in [0.5, 0.6) is 0 Å². The molecule has 0 saturated carbocycles. The van der Waals surface area contributed by atoms with Crippen LogP contribution in [-0.2, 0) is 11.3 Å². The largest absolute Gasteiger partial charge is 0.444 e. The van der Waals surface area contributed by atoms with Gasteiger partial charge in [0, 0.05) is 43.3 Å². The number of hydrogen-bond donors (Lipinski definition) is 0. The van der Waals surface area contributed by atoms with Crippen molar-refractivity contribution < 1.29 is 18.8 Å². The Labute approximate surface area is 154 Å². The third kappa shape index (κ3) is 5.37. The number of benzene rings is 1. The molecule has 0 spiro atoms. The fourth-order valence-electron chi connectivity index (χ4n) is 2.55. The van der Waals surface area contributed by atoms with Gasteiger partial charge in [-0.2, -0.15) is 0 Å². The van der Waals surface area contributed by atoms with Crippen LogP contribution in [0, 0.1) is 15.9 Å². The second-order valence-corrected chi connectivity index (χ2v) is 7.80. The van der Waals surface area contributed by atoms with Gasteiger partial charge in [0.05, 0.1) is 10.5 Å². The van der Waals surface area contributed by atoms with E-state index in [0.717, 1.165) is 0 Å². The fourth-order valence-corrected chi connectivity index (χ4v) is 2.97. The SMILES string of the molecule is CC(C)(C)OC(=O)N1CCN(Cc2c(F)cc(Br)cc2[N+](=O)[O-])CC1. The lowest BCUT2D eigenvalue weighted by Gasteiger charge is -2.35. The molecule has 0 radical (unpaired) electrons. The summed E-state index contributed by atoms with van der Waals surface area (Å²) in [5.74, 6) is -0.615. The highest BCUT2D eigenvalue weighted by atomic mass is 79.9. The molecule has 1 fully saturated rings. The number of halogens is 2. The molecule has 0 N–H and O–H groups in total. The lowest BCUT2D eigenvalue weighted by Crippen LogP contribution is -2.49. The van der Waals surface area contributed by atoms with Gasteiger partial charge in [-0.05, 0) is 26.8 Å². The summed E-state index contributed by atoms with van der Waals surface area (Å²) in [6, 6.07) is 2.52. The van der Waals surface area contributed by atoms with Crippen molar-refractivity contribution in [2.45, 2.75) is 32.9 Å². The Bertz CT molecular complexity index is 670. The summed E-state index contributed by atoms with van der Waals surface area (Å²) in [4.78, 5) is 26.1. The first-order valence-electron chi connectivity index (χ1n) is 7.89. The number of piperazine rings is 1. The number of amides is 1. The van der Waals surface area contributed by atoms with Gasteiger partial charge in [0.1, 0.15) is 11.4 Å². The van der Waals surface area contributed by atoms with E-state index in [1.54, 1.807) is 25.7 Å². The molecule has 0 aliphatic carbocycles. The van der Waals surface area contributed by atoms with Crippen LogP contribution in [0.15, 0.2) is 16.6 Å². The van der Waals surface area contributed by atoms with Crippen molar-refractivity contribution in [1.82, 2.24) is 9.80 Å². The predicted molar refractivity (Wildman–Crippen MR) is 93.8 cm³/mol. The third-order valence-corrected chi connectivity index (χ3v) is 4.20. The summed E-state index contributed by atoms with van der Waals surface area (Å²) in [5.41, 5.74) is -0.754. The molecule has 25 heavy (non-hydrogen) atoms. The van der Waals surface area contributed by atoms with Gasteiger partial charge in [-0.1, -0.05) is 15.9 Å². The molecule has 1 aromatic carbocycles. The fraction of sp³-hybridized carbons (Fsp3) is 0.562. The molecule has 1 aliphatic heterocycles. The minimum atomic E-state index is -0.615. The van der Waals surface area contributed by atoms with Gasteiger partial charge in [-0.3, -0.25) is 15.0 Å². The first-order valence-corrected chi connectivity index (χ1v) is 8.69. The number of carbonyl (C=O) groups excluding carboxylic acids is 1. The summed E-state index contributed by atoms with van der Waals surface area (Å²) < 4.78 is 19.8. The van der Waals surface area contributed by atoms with Crippen molar-refractivity contribution in [3.05, 3.63) is 38.1 Å². The Balaban J connectivity index is 2.01. The summed E-state index contributed by atoms with van der Waals surface area (Å²) in [7, 11) is 0. The highest BCUT2D eigenvalue weighted by Gasteiger charge is 2.28. The molecule has 0 unspecified atom stereocenters. The standard InChI is InChI=1S/C16H21BrFN3O4/c1-16(2,3)25-15(22)20-6-4-19(5-7-20)10-12-13(18)8-11(17)9-14(12)21(23)24/h8-9H,4-7,10H2,1-3H3. The van der Waals surface area contributed by atoms with Gasteiger partial charge < -0.3 is 9.64 Å². The van der Waals surface area contributed by atoms with E-state index in [2.05, 4.69) is 15.9 Å². The Kier molecular flexibility index (Phi) is 5.99. The number of hydrogen-bond acceptors (Lipinski definition) is 5. The van der Waals surface area contributed by atoms with Gasteiger partial charge in [-0.15, -0.1) is 0 Å². The molecule has 1 heterocycles. The van der Waals surface area contributed by atoms with Crippen LogP contribution < -0.4 is 0 Å². The zero-order valence-corrected chi connectivity index (χ0v) is 16.0. The van der Waals surface area contributed by atoms with Crippen LogP contribution in [0.1, 0.15) is 26.3 Å². The van der Waals surface area contributed by atoms with E-state index in [1.165, 1.54) is 12.1 Å². The molecule has 1 aliphatic rings. The van der Waals surface area contributed by atoms with Gasteiger partial charge in [0.2, 0.25) is 0 Å². The number of ether oxygens (including phenoxy) is 1. The van der Waals surface area contributed by atoms with Crippen LogP contribution in [0.25, 0.3) is 0 Å². The summed E-state index contributed by atoms with van der Waals surface area (Å²) in [6.07, 6.45) is -0.382. The molecular formula is C16H21BrFN3O4. The smallest absolute Gasteiger partial charge is 0.410 e. The van der Waals surface area contributed by atoms with E-state index in [-0.39, 0.29) is 23.9 Å². The maximum Gasteiger partial charge on any atom is 0.410 e. The topological polar surface area (TPSA) is 75.9 Å². The molecule has 1 amide bonds. The van der Waals surface area contributed by atoms with E-state index in [9.17, 15) is 19.3 Å². The highest BCUT2D eigenvalue weighted by molar-refractivity contribution is 9.10. The molecular weight excluding hydrogens is 397 g/mol. The number of rotatable bonds is 3. The Morgan fingerprint density at radius 3 is 2.44 bits per heavy atom. The minimum absolute atomic E-state index is 0.0546. The molecule has 1 saturated heterocycles. The van der Waals surface area contributed by atoms with E-state index >= 15 is 0 Å². The summed E-state index contributed by atoms with van der Waals surface area (Å²) in [6.45, 7) is 7.38. The van der Waals surface area contributed by atoms with Crippen molar-refractivity contribution in [3.8, 4) is 0 Å². The lowest BCUT2D eigenvalue weighted by molar-refractivity contribution is -0.386. The van der Waals surface area contributed by atoms with Crippen LogP contribution in [-0.4, -0.2) is 52.6 Å². The quantitative estimate of drug-likeness (QED) is 0.555. The van der Waals surface area contributed by atoms with Crippen molar-refractivity contribution >= 4 is 27.7 Å². The van der Waals surface area contributed by atoms with Gasteiger partial charge in [0.15, 0.2) is 0 Å². The summed E-state index contributed by atoms with van der Waals surface area (Å²) in [5, 5.41) is 11.2. The van der Waals surface area contributed by atoms with Gasteiger partial charge >= 0.3 is 6.09 Å². The molecule has 138 valence electrons. The molecule has 9 heteroatoms. The lowest BCUT2D eigenvalue weighted by atomic mass is 10.1. The molecule has 2 rings (SSSR count). The highest BCUT2D eigenvalue weighted by Crippen LogP contribution is 2.28. The monoisotopic (exact) mass is 417 g/mol. The molecule has 0 aromatic heterocycles. The number of nitro benzene ring substituents is 1. The number of carbonyl (C=O) groups is 1. The number of nitro groups is 1. The zero-order valence-electron chi connectivity index (χ0n) is 14.4. The second kappa shape index (κ2) is 7.65. The third-order valence-electron chi connectivity index (χ3n) is 3.74. The Morgan fingerprint density at radius 1 is 1.32 bits per heavy atom. The number of nitrogens with zero attached hydrogens (tertiary/aromatic N) is 3. The average Bonchev–Trinajstić information content (AvgIpc) is 2.48. The van der Waals surface area contributed by atoms with Crippen molar-refractivity contribution in [1.29, 1.82) is 0 Å². The Hall–Kier alpha value is -1.74. The van der Waals surface area contributed by atoms with E-state index in [0.29, 0.717) is 30.7 Å². The van der Waals surface area contributed by atoms with Gasteiger partial charge in [-0.25, -0.2) is 9.18 Å². The van der Waals surface area contributed by atoms with Crippen LogP contribution >= 0.6 is 15.9 Å². The van der Waals surface area contributed by atoms with Crippen LogP contribution in [0.4, 0.5) is 14.9 Å². The predicted octanol–water partition coefficient (Wildman–Crippen LogP) is 3.55. The molecule has 7 nitrogen and oxygen atoms in total. The first kappa shape index (κ1) is 19.6. The molecule has 0 bridgehead atoms. The zero-order chi connectivity index (χ0) is 18.8. The first-order chi connectivity index (χ1) is 11.6. The summed E-state index contributed by atoms with van der Waals surface area (Å²) >= 11 is 3.07. The maximum atomic E-state index is 14.2.